The predicted octanol–water partition coefficient (Wildman–Crippen LogP) is 3.47. The number of hydrogen-bond donors (Lipinski definition) is 2. The number of carbonyl (C=O) groups excluding carboxylic acids is 2. The summed E-state index contributed by atoms with van der Waals surface area (Å²) in [7, 11) is 1.31. The Hall–Kier alpha value is -2.91. The number of benzene rings is 1. The quantitative estimate of drug-likeness (QED) is 0.500. The van der Waals surface area contributed by atoms with E-state index in [-0.39, 0.29) is 18.3 Å². The van der Waals surface area contributed by atoms with E-state index >= 15 is 0 Å². The zero-order valence-corrected chi connectivity index (χ0v) is 16.3. The van der Waals surface area contributed by atoms with Gasteiger partial charge in [-0.2, -0.15) is 0 Å². The molecule has 0 aliphatic carbocycles. The number of anilines is 1. The number of nitrogens with one attached hydrogen (secondary N) is 1. The average Bonchev–Trinajstić information content (AvgIpc) is 3.28. The molecule has 0 unspecified atom stereocenters. The monoisotopic (exact) mass is 403 g/mol. The van der Waals surface area contributed by atoms with Gasteiger partial charge in [-0.1, -0.05) is 17.4 Å². The maximum atomic E-state index is 12.5. The first kappa shape index (κ1) is 18.9. The molecular formula is C18H17N3O4S2. The Kier molecular flexibility index (Phi) is 5.43. The normalized spacial score (nSPS) is 10.6. The minimum atomic E-state index is -0.465. The molecule has 0 spiro atoms. The van der Waals surface area contributed by atoms with Crippen LogP contribution in [-0.4, -0.2) is 23.6 Å². The number of aromatic nitrogens is 1. The third-order valence-corrected chi connectivity index (χ3v) is 5.31. The highest BCUT2D eigenvalue weighted by Gasteiger charge is 2.20. The fourth-order valence-corrected chi connectivity index (χ4v) is 3.80. The van der Waals surface area contributed by atoms with Crippen molar-refractivity contribution in [2.75, 3.05) is 12.8 Å². The second kappa shape index (κ2) is 7.77. The molecule has 27 heavy (non-hydrogen) atoms. The molecule has 1 aromatic carbocycles. The van der Waals surface area contributed by atoms with Crippen LogP contribution in [0.1, 0.15) is 31.4 Å². The van der Waals surface area contributed by atoms with Crippen LogP contribution in [-0.2, 0) is 11.3 Å². The number of esters is 1. The van der Waals surface area contributed by atoms with Crippen LogP contribution in [0.2, 0.25) is 0 Å². The van der Waals surface area contributed by atoms with Crippen molar-refractivity contribution in [3.8, 4) is 5.69 Å². The number of nitrogens with two attached hydrogens (primary N) is 1. The number of carbonyl (C=O) groups is 2. The molecule has 3 rings (SSSR count). The van der Waals surface area contributed by atoms with E-state index < -0.39 is 5.97 Å². The molecule has 0 saturated carbocycles. The van der Waals surface area contributed by atoms with Gasteiger partial charge in [0.15, 0.2) is 3.95 Å². The zero-order chi connectivity index (χ0) is 19.6. The molecule has 3 aromatic rings. The highest BCUT2D eigenvalue weighted by Crippen LogP contribution is 2.28. The molecule has 0 aliphatic rings. The van der Waals surface area contributed by atoms with E-state index in [0.29, 0.717) is 25.8 Å². The fraction of sp³-hybridized carbons (Fsp3) is 0.167. The molecule has 2 aromatic heterocycles. The predicted molar refractivity (Wildman–Crippen MR) is 105 cm³/mol. The number of rotatable bonds is 5. The van der Waals surface area contributed by atoms with Gasteiger partial charge in [0, 0.05) is 0 Å². The molecule has 0 radical (unpaired) electrons. The highest BCUT2D eigenvalue weighted by atomic mass is 32.1. The lowest BCUT2D eigenvalue weighted by Crippen LogP contribution is -2.23. The Labute approximate surface area is 164 Å². The van der Waals surface area contributed by atoms with Gasteiger partial charge in [-0.25, -0.2) is 4.79 Å². The molecule has 2 heterocycles. The number of furan rings is 1. The number of aryl methyl sites for hydroxylation is 1. The lowest BCUT2D eigenvalue weighted by molar-refractivity contribution is 0.0600. The molecule has 0 bridgehead atoms. The summed E-state index contributed by atoms with van der Waals surface area (Å²) in [4.78, 5) is 24.6. The number of thiazole rings is 1. The fourth-order valence-electron chi connectivity index (χ4n) is 2.53. The third kappa shape index (κ3) is 3.79. The molecule has 3 N–H and O–H groups in total. The Morgan fingerprint density at radius 1 is 1.37 bits per heavy atom. The van der Waals surface area contributed by atoms with Gasteiger partial charge in [0.05, 0.1) is 31.2 Å². The maximum absolute atomic E-state index is 12.5. The summed E-state index contributed by atoms with van der Waals surface area (Å²) in [5.41, 5.74) is 8.07. The SMILES string of the molecule is COC(=O)c1ccc(C)c(-n2c(N)c(C(=O)NCc3ccco3)sc2=S)c1. The molecule has 0 atom stereocenters. The van der Waals surface area contributed by atoms with Crippen molar-refractivity contribution in [2.45, 2.75) is 13.5 Å². The van der Waals surface area contributed by atoms with Gasteiger partial charge >= 0.3 is 5.97 Å². The number of nitrogen functional groups attached to an aromatic ring is 1. The van der Waals surface area contributed by atoms with E-state index in [1.807, 2.05) is 6.92 Å². The largest absolute Gasteiger partial charge is 0.467 e. The summed E-state index contributed by atoms with van der Waals surface area (Å²) in [6, 6.07) is 8.58. The van der Waals surface area contributed by atoms with Crippen LogP contribution in [0.5, 0.6) is 0 Å². The van der Waals surface area contributed by atoms with E-state index in [9.17, 15) is 9.59 Å². The van der Waals surface area contributed by atoms with E-state index in [1.54, 1.807) is 34.9 Å². The molecule has 7 nitrogen and oxygen atoms in total. The summed E-state index contributed by atoms with van der Waals surface area (Å²) in [5, 5.41) is 2.75. The summed E-state index contributed by atoms with van der Waals surface area (Å²) in [6.45, 7) is 2.11. The van der Waals surface area contributed by atoms with Gasteiger partial charge in [0.2, 0.25) is 0 Å². The molecule has 1 amide bonds. The van der Waals surface area contributed by atoms with Crippen LogP contribution in [0.4, 0.5) is 5.82 Å². The zero-order valence-electron chi connectivity index (χ0n) is 14.6. The lowest BCUT2D eigenvalue weighted by Gasteiger charge is -2.11. The topological polar surface area (TPSA) is 99.5 Å². The van der Waals surface area contributed by atoms with Crippen molar-refractivity contribution in [2.24, 2.45) is 0 Å². The van der Waals surface area contributed by atoms with Gasteiger partial charge < -0.3 is 20.2 Å². The molecule has 9 heteroatoms. The van der Waals surface area contributed by atoms with Crippen LogP contribution >= 0.6 is 23.6 Å². The van der Waals surface area contributed by atoms with Crippen molar-refractivity contribution in [3.05, 3.63) is 62.3 Å². The molecule has 0 saturated heterocycles. The van der Waals surface area contributed by atoms with Gasteiger partial charge in [-0.05, 0) is 49.0 Å². The van der Waals surface area contributed by atoms with E-state index in [0.717, 1.165) is 16.9 Å². The first-order valence-corrected chi connectivity index (χ1v) is 9.16. The van der Waals surface area contributed by atoms with Gasteiger partial charge in [-0.15, -0.1) is 0 Å². The smallest absolute Gasteiger partial charge is 0.337 e. The minimum Gasteiger partial charge on any atom is -0.467 e. The van der Waals surface area contributed by atoms with Gasteiger partial charge in [0.1, 0.15) is 16.5 Å². The van der Waals surface area contributed by atoms with Crippen LogP contribution < -0.4 is 11.1 Å². The van der Waals surface area contributed by atoms with Gasteiger partial charge in [-0.3, -0.25) is 9.36 Å². The number of nitrogens with zero attached hydrogens (tertiary/aromatic N) is 1. The third-order valence-electron chi connectivity index (χ3n) is 3.93. The van der Waals surface area contributed by atoms with Crippen molar-refractivity contribution >= 4 is 41.2 Å². The molecule has 0 fully saturated rings. The summed E-state index contributed by atoms with van der Waals surface area (Å²) in [5.74, 6) is 0.0344. The van der Waals surface area contributed by atoms with E-state index in [2.05, 4.69) is 5.32 Å². The Balaban J connectivity index is 1.95. The van der Waals surface area contributed by atoms with Crippen molar-refractivity contribution < 1.29 is 18.7 Å². The Morgan fingerprint density at radius 2 is 2.15 bits per heavy atom. The number of amides is 1. The first-order valence-electron chi connectivity index (χ1n) is 7.93. The Bertz CT molecular complexity index is 1050. The highest BCUT2D eigenvalue weighted by molar-refractivity contribution is 7.73. The van der Waals surface area contributed by atoms with Gasteiger partial charge in [0.25, 0.3) is 5.91 Å². The Morgan fingerprint density at radius 3 is 2.81 bits per heavy atom. The molecule has 140 valence electrons. The average molecular weight is 403 g/mol. The van der Waals surface area contributed by atoms with Crippen LogP contribution in [0.25, 0.3) is 5.69 Å². The van der Waals surface area contributed by atoms with Crippen LogP contribution in [0, 0.1) is 10.9 Å². The van der Waals surface area contributed by atoms with Crippen molar-refractivity contribution in [1.29, 1.82) is 0 Å². The summed E-state index contributed by atoms with van der Waals surface area (Å²) < 4.78 is 12.0. The second-order valence-electron chi connectivity index (χ2n) is 5.67. The number of hydrogen-bond acceptors (Lipinski definition) is 7. The van der Waals surface area contributed by atoms with Crippen molar-refractivity contribution in [1.82, 2.24) is 9.88 Å². The summed E-state index contributed by atoms with van der Waals surface area (Å²) >= 11 is 6.51. The van der Waals surface area contributed by atoms with E-state index in [1.165, 1.54) is 13.4 Å². The number of ether oxygens (including phenoxy) is 1. The minimum absolute atomic E-state index is 0.215. The molecule has 0 aliphatic heterocycles. The lowest BCUT2D eigenvalue weighted by atomic mass is 10.1. The standard InChI is InChI=1S/C18H17N3O4S2/c1-10-5-6-11(17(23)24-2)8-13(10)21-15(19)14(27-18(21)26)16(22)20-9-12-4-3-7-25-12/h3-8H,9,19H2,1-2H3,(H,20,22). The van der Waals surface area contributed by atoms with Crippen LogP contribution in [0.3, 0.4) is 0 Å². The number of methoxy groups -OCH3 is 1. The summed E-state index contributed by atoms with van der Waals surface area (Å²) in [6.07, 6.45) is 1.54. The van der Waals surface area contributed by atoms with Crippen molar-refractivity contribution in [3.63, 3.8) is 0 Å². The van der Waals surface area contributed by atoms with E-state index in [4.69, 9.17) is 27.1 Å². The first-order chi connectivity index (χ1) is 12.9. The van der Waals surface area contributed by atoms with Crippen LogP contribution in [0.15, 0.2) is 41.0 Å². The molecular weight excluding hydrogens is 386 g/mol. The second-order valence-corrected chi connectivity index (χ2v) is 7.32. The maximum Gasteiger partial charge on any atom is 0.337 e.